The molecule has 0 spiro atoms. The molecule has 6 atom stereocenters. The van der Waals surface area contributed by atoms with Gasteiger partial charge in [0.2, 0.25) is 21.7 Å². The Kier molecular flexibility index (Phi) is 15.7. The smallest absolute Gasteiger partial charge is 0.243 e. The first-order valence-corrected chi connectivity index (χ1v) is 24.6. The summed E-state index contributed by atoms with van der Waals surface area (Å²) in [6, 6.07) is 28.6. The Bertz CT molecular complexity index is 2390. The normalized spacial score (nSPS) is 23.1. The Hall–Kier alpha value is -4.96. The third-order valence-corrected chi connectivity index (χ3v) is 15.1. The van der Waals surface area contributed by atoms with E-state index in [1.165, 1.54) is 23.4 Å². The van der Waals surface area contributed by atoms with E-state index in [1.807, 2.05) is 79.1 Å². The molecular formula is C50H59N3O9S2. The average molecular weight is 910 g/mol. The summed E-state index contributed by atoms with van der Waals surface area (Å²) in [5, 5.41) is 27.5. The van der Waals surface area contributed by atoms with Crippen LogP contribution in [-0.4, -0.2) is 79.5 Å². The summed E-state index contributed by atoms with van der Waals surface area (Å²) in [7, 11) is -2.70. The Morgan fingerprint density at radius 1 is 0.969 bits per heavy atom. The zero-order chi connectivity index (χ0) is 45.3. The number of nitrogens with one attached hydrogen (secondary N) is 1. The number of carbonyl (C=O) groups excluding carboxylic acids is 1. The fraction of sp³-hybridized carbons (Fsp3) is 0.400. The molecule has 6 unspecified atom stereocenters. The molecule has 4 aromatic rings. The lowest BCUT2D eigenvalue weighted by molar-refractivity contribution is -0.250. The predicted octanol–water partition coefficient (Wildman–Crippen LogP) is 9.31. The highest BCUT2D eigenvalue weighted by Gasteiger charge is 2.65. The summed E-state index contributed by atoms with van der Waals surface area (Å²) < 4.78 is 51.9. The van der Waals surface area contributed by atoms with Crippen LogP contribution >= 0.6 is 11.8 Å². The van der Waals surface area contributed by atoms with Crippen molar-refractivity contribution >= 4 is 39.1 Å². The van der Waals surface area contributed by atoms with Crippen LogP contribution in [0.3, 0.4) is 0 Å². The van der Waals surface area contributed by atoms with E-state index in [0.717, 1.165) is 47.3 Å². The SMILES string of the molecule is C=CCOC12Oc3ccc(Oc4ccc(SC)cc4)cc3C3C(CCCCO)C(CCCCO)C=C(C(=NOCc4ccccc4)CC1N(C)S(=O)(=O)c1ccc(NC(C)=O)cc1)C32. The number of benzene rings is 4. The Balaban J connectivity index is 1.42. The van der Waals surface area contributed by atoms with Crippen molar-refractivity contribution in [1.29, 1.82) is 0 Å². The van der Waals surface area contributed by atoms with Gasteiger partial charge < -0.3 is 34.6 Å². The molecule has 12 nitrogen and oxygen atoms in total. The first-order valence-electron chi connectivity index (χ1n) is 21.9. The number of sulfonamides is 1. The van der Waals surface area contributed by atoms with Crippen molar-refractivity contribution in [2.75, 3.05) is 38.4 Å². The molecule has 1 saturated carbocycles. The summed E-state index contributed by atoms with van der Waals surface area (Å²) in [6.07, 6.45) is 10.4. The minimum atomic E-state index is -4.24. The zero-order valence-corrected chi connectivity index (χ0v) is 38.4. The van der Waals surface area contributed by atoms with Gasteiger partial charge in [-0.3, -0.25) is 4.79 Å². The number of amides is 1. The molecule has 0 aromatic heterocycles. The van der Waals surface area contributed by atoms with Crippen molar-refractivity contribution in [3.63, 3.8) is 0 Å². The maximum atomic E-state index is 14.9. The predicted molar refractivity (Wildman–Crippen MR) is 250 cm³/mol. The lowest BCUT2D eigenvalue weighted by Gasteiger charge is -2.59. The van der Waals surface area contributed by atoms with Crippen molar-refractivity contribution in [2.45, 2.75) is 86.0 Å². The number of aliphatic hydroxyl groups is 2. The Labute approximate surface area is 381 Å². The monoisotopic (exact) mass is 909 g/mol. The van der Waals surface area contributed by atoms with Crippen molar-refractivity contribution in [3.05, 3.63) is 132 Å². The fourth-order valence-electron chi connectivity index (χ4n) is 9.55. The van der Waals surface area contributed by atoms with Crippen LogP contribution in [0.25, 0.3) is 0 Å². The van der Waals surface area contributed by atoms with Gasteiger partial charge in [-0.25, -0.2) is 8.42 Å². The van der Waals surface area contributed by atoms with E-state index in [4.69, 9.17) is 24.2 Å². The third-order valence-electron chi connectivity index (χ3n) is 12.5. The van der Waals surface area contributed by atoms with E-state index in [2.05, 4.69) is 18.0 Å². The van der Waals surface area contributed by atoms with E-state index in [1.54, 1.807) is 37.0 Å². The molecule has 3 N–H and O–H groups in total. The van der Waals surface area contributed by atoms with E-state index in [-0.39, 0.29) is 61.4 Å². The minimum absolute atomic E-state index is 0.0158. The number of thioether (sulfide) groups is 1. The molecule has 7 rings (SSSR count). The van der Waals surface area contributed by atoms with E-state index < -0.39 is 27.8 Å². The molecule has 64 heavy (non-hydrogen) atoms. The lowest BCUT2D eigenvalue weighted by atomic mass is 9.55. The molecule has 0 radical (unpaired) electrons. The molecule has 0 bridgehead atoms. The van der Waals surface area contributed by atoms with Crippen molar-refractivity contribution in [3.8, 4) is 17.2 Å². The number of aliphatic hydroxyl groups excluding tert-OH is 2. The molecule has 1 aliphatic heterocycles. The summed E-state index contributed by atoms with van der Waals surface area (Å²) in [5.74, 6) is -0.897. The quantitative estimate of drug-likeness (QED) is 0.0319. The number of oxime groups is 1. The van der Waals surface area contributed by atoms with E-state index in [9.17, 15) is 23.4 Å². The summed E-state index contributed by atoms with van der Waals surface area (Å²) >= 11 is 1.65. The Morgan fingerprint density at radius 2 is 1.67 bits per heavy atom. The molecule has 0 saturated heterocycles. The topological polar surface area (TPSA) is 156 Å². The molecule has 1 fully saturated rings. The first-order chi connectivity index (χ1) is 31.0. The number of ether oxygens (including phenoxy) is 3. The Morgan fingerprint density at radius 3 is 2.34 bits per heavy atom. The van der Waals surface area contributed by atoms with Crippen LogP contribution in [0.15, 0.2) is 136 Å². The highest BCUT2D eigenvalue weighted by molar-refractivity contribution is 7.98. The molecule has 340 valence electrons. The number of anilines is 1. The van der Waals surface area contributed by atoms with Crippen molar-refractivity contribution < 1.29 is 42.5 Å². The number of hydrogen-bond acceptors (Lipinski definition) is 11. The largest absolute Gasteiger partial charge is 0.460 e. The highest BCUT2D eigenvalue weighted by atomic mass is 32.2. The van der Waals surface area contributed by atoms with Crippen LogP contribution < -0.4 is 14.8 Å². The second-order valence-electron chi connectivity index (χ2n) is 16.5. The van der Waals surface area contributed by atoms with E-state index in [0.29, 0.717) is 41.5 Å². The highest BCUT2D eigenvalue weighted by Crippen LogP contribution is 2.62. The van der Waals surface area contributed by atoms with Crippen molar-refractivity contribution in [2.24, 2.45) is 22.9 Å². The van der Waals surface area contributed by atoms with Crippen LogP contribution in [0.5, 0.6) is 17.2 Å². The zero-order valence-electron chi connectivity index (χ0n) is 36.7. The van der Waals surface area contributed by atoms with Crippen LogP contribution in [0, 0.1) is 17.8 Å². The second kappa shape index (κ2) is 21.4. The summed E-state index contributed by atoms with van der Waals surface area (Å²) in [5.41, 5.74) is 3.75. The molecular weight excluding hydrogens is 851 g/mol. The second-order valence-corrected chi connectivity index (χ2v) is 19.4. The maximum absolute atomic E-state index is 14.9. The molecule has 1 amide bonds. The van der Waals surface area contributed by atoms with E-state index >= 15 is 0 Å². The van der Waals surface area contributed by atoms with Gasteiger partial charge >= 0.3 is 0 Å². The fourth-order valence-corrected chi connectivity index (χ4v) is 11.3. The maximum Gasteiger partial charge on any atom is 0.243 e. The number of unbranched alkanes of at least 4 members (excludes halogenated alkanes) is 2. The van der Waals surface area contributed by atoms with Gasteiger partial charge in [-0.2, -0.15) is 4.31 Å². The minimum Gasteiger partial charge on any atom is -0.460 e. The standard InChI is InChI=1S/C50H59N3O9S2/c1-5-29-59-50-47(53(3)64(57,58)41-24-17-37(18-25-41)51-34(2)56)32-45(52-60-33-35-13-7-6-8-14-35)43-30-36(15-9-11-27-54)42(16-10-12-28-55)48(49(43)50)44-31-39(21-26-46(44)62-50)61-38-19-22-40(63-4)23-20-38/h5-8,13-14,17-26,30-31,36,42,47-49,54-55H,1,9-12,15-16,27-29,32-33H2,2-4H3,(H,51,56). The van der Waals surface area contributed by atoms with Crippen LogP contribution in [0.1, 0.15) is 68.9 Å². The average Bonchev–Trinajstić information content (AvgIpc) is 3.30. The number of rotatable bonds is 21. The number of likely N-dealkylation sites (N-methyl/N-ethyl adjacent to an activating group) is 1. The third kappa shape index (κ3) is 10.3. The summed E-state index contributed by atoms with van der Waals surface area (Å²) in [4.78, 5) is 19.1. The number of allylic oxidation sites excluding steroid dienone is 1. The molecule has 2 aliphatic carbocycles. The van der Waals surface area contributed by atoms with Gasteiger partial charge in [-0.05, 0) is 122 Å². The van der Waals surface area contributed by atoms with Crippen molar-refractivity contribution in [1.82, 2.24) is 4.31 Å². The number of fused-ring (bicyclic) bond motifs is 2. The van der Waals surface area contributed by atoms with Gasteiger partial charge in [-0.1, -0.05) is 60.5 Å². The van der Waals surface area contributed by atoms with Crippen LogP contribution in [0.2, 0.25) is 0 Å². The van der Waals surface area contributed by atoms with Gasteiger partial charge in [0.25, 0.3) is 0 Å². The molecule has 1 heterocycles. The first kappa shape index (κ1) is 47.0. The van der Waals surface area contributed by atoms with Gasteiger partial charge in [0.1, 0.15) is 23.9 Å². The van der Waals surface area contributed by atoms with Gasteiger partial charge in [0, 0.05) is 55.7 Å². The molecule has 4 aromatic carbocycles. The van der Waals surface area contributed by atoms with Crippen LogP contribution in [0.4, 0.5) is 5.69 Å². The molecule has 14 heteroatoms. The number of hydrogen-bond donors (Lipinski definition) is 3. The van der Waals surface area contributed by atoms with Gasteiger partial charge in [0.05, 0.1) is 29.2 Å². The van der Waals surface area contributed by atoms with Gasteiger partial charge in [-0.15, -0.1) is 18.3 Å². The number of carbonyl (C=O) groups is 1. The lowest BCUT2D eigenvalue weighted by Crippen LogP contribution is -2.69. The number of nitrogens with zero attached hydrogens (tertiary/aromatic N) is 2. The van der Waals surface area contributed by atoms with Crippen LogP contribution in [-0.2, 0) is 31.0 Å². The molecule has 3 aliphatic rings. The summed E-state index contributed by atoms with van der Waals surface area (Å²) in [6.45, 7) is 5.78. The van der Waals surface area contributed by atoms with Gasteiger partial charge in [0.15, 0.2) is 0 Å².